The van der Waals surface area contributed by atoms with E-state index in [-0.39, 0.29) is 29.1 Å². The normalized spacial score (nSPS) is 27.2. The Morgan fingerprint density at radius 3 is 2.49 bits per heavy atom. The number of aliphatic hydroxyl groups is 1. The summed E-state index contributed by atoms with van der Waals surface area (Å²) < 4.78 is 29.8. The molecule has 4 bridgehead atoms. The fraction of sp³-hybridized carbons (Fsp3) is 0.429. The van der Waals surface area contributed by atoms with Crippen LogP contribution in [-0.4, -0.2) is 35.5 Å². The van der Waals surface area contributed by atoms with E-state index in [1.54, 1.807) is 12.1 Å². The number of nitrogens with zero attached hydrogens (tertiary/aromatic N) is 2. The van der Waals surface area contributed by atoms with Gasteiger partial charge in [-0.2, -0.15) is 4.99 Å². The van der Waals surface area contributed by atoms with Gasteiger partial charge >= 0.3 is 0 Å². The van der Waals surface area contributed by atoms with Gasteiger partial charge in [0.05, 0.1) is 22.5 Å². The van der Waals surface area contributed by atoms with Crippen molar-refractivity contribution in [1.29, 1.82) is 0 Å². The van der Waals surface area contributed by atoms with E-state index < -0.39 is 15.9 Å². The number of hydrogen-bond acceptors (Lipinski definition) is 4. The highest BCUT2D eigenvalue weighted by Crippen LogP contribution is 2.58. The zero-order chi connectivity index (χ0) is 25.8. The van der Waals surface area contributed by atoms with E-state index in [4.69, 9.17) is 0 Å². The Bertz CT molecular complexity index is 1530. The Kier molecular flexibility index (Phi) is 5.97. The molecule has 0 aliphatic heterocycles. The summed E-state index contributed by atoms with van der Waals surface area (Å²) in [5.74, 6) is 1.57. The summed E-state index contributed by atoms with van der Waals surface area (Å²) in [7, 11) is -3.77. The number of aliphatic hydroxyl groups excluding tert-OH is 1. The molecule has 4 saturated carbocycles. The number of aromatic nitrogens is 2. The molecule has 2 aromatic carbocycles. The topological polar surface area (TPSA) is 117 Å². The number of rotatable bonds is 7. The van der Waals surface area contributed by atoms with Crippen LogP contribution in [0.25, 0.3) is 11.0 Å². The smallest absolute Gasteiger partial charge is 0.280 e. The Hall–Kier alpha value is -3.01. The largest absolute Gasteiger partial charge is 0.392 e. The number of nitrogens with one attached hydrogen (secondary N) is 2. The Morgan fingerprint density at radius 2 is 1.84 bits per heavy atom. The second kappa shape index (κ2) is 9.08. The van der Waals surface area contributed by atoms with Gasteiger partial charge in [-0.3, -0.25) is 4.79 Å². The predicted molar refractivity (Wildman–Crippen MR) is 140 cm³/mol. The van der Waals surface area contributed by atoms with Crippen molar-refractivity contribution in [2.45, 2.75) is 55.6 Å². The first-order chi connectivity index (χ1) is 17.8. The summed E-state index contributed by atoms with van der Waals surface area (Å²) in [6.07, 6.45) is 8.53. The summed E-state index contributed by atoms with van der Waals surface area (Å²) in [6, 6.07) is 11.7. The van der Waals surface area contributed by atoms with Gasteiger partial charge in [-0.25, -0.2) is 13.1 Å². The van der Waals surface area contributed by atoms with Crippen LogP contribution in [0.4, 0.5) is 0 Å². The standard InChI is InChI=1S/C28H32N4O4S/c1-2-8-29-37(35,36)23-5-3-4-22(13-23)26(34)31-27-30-24-7-6-18(17-33)12-25(24)32(27)28-14-19-9-20(15-28)11-21(10-19)16-28/h2-7,12-13,19-21,29,33H,1,8-11,14-17H2,(H,30,31,34). The minimum Gasteiger partial charge on any atom is -0.392 e. The van der Waals surface area contributed by atoms with Crippen molar-refractivity contribution in [3.05, 3.63) is 71.9 Å². The molecule has 4 aliphatic rings. The highest BCUT2D eigenvalue weighted by Gasteiger charge is 2.52. The molecule has 9 heteroatoms. The number of amides is 1. The molecule has 3 aromatic rings. The van der Waals surface area contributed by atoms with Gasteiger partial charge in [0.15, 0.2) is 0 Å². The van der Waals surface area contributed by atoms with Gasteiger partial charge in [-0.05, 0) is 92.2 Å². The van der Waals surface area contributed by atoms with E-state index in [1.165, 1.54) is 37.5 Å². The van der Waals surface area contributed by atoms with Crippen LogP contribution in [0, 0.1) is 17.8 Å². The monoisotopic (exact) mass is 520 g/mol. The SMILES string of the molecule is C=CCNS(=O)(=O)c1cccc(C(=O)/N=c2\[nH]c3ccc(CO)cc3n2C23CC4CC(CC(C4)C2)C3)c1. The van der Waals surface area contributed by atoms with E-state index in [0.29, 0.717) is 23.4 Å². The first kappa shape index (κ1) is 24.3. The fourth-order valence-corrected chi connectivity index (χ4v) is 8.41. The van der Waals surface area contributed by atoms with Gasteiger partial charge in [0.2, 0.25) is 15.6 Å². The van der Waals surface area contributed by atoms with Crippen LogP contribution in [0.5, 0.6) is 0 Å². The van der Waals surface area contributed by atoms with Crippen LogP contribution in [0.15, 0.2) is 65.0 Å². The summed E-state index contributed by atoms with van der Waals surface area (Å²) in [5.41, 5.74) is 3.20. The highest BCUT2D eigenvalue weighted by molar-refractivity contribution is 7.89. The average Bonchev–Trinajstić information content (AvgIpc) is 3.24. The molecular weight excluding hydrogens is 488 g/mol. The van der Waals surface area contributed by atoms with Gasteiger partial charge in [-0.15, -0.1) is 6.58 Å². The second-order valence-corrected chi connectivity index (χ2v) is 12.8. The maximum absolute atomic E-state index is 13.4. The van der Waals surface area contributed by atoms with Crippen molar-refractivity contribution in [2.75, 3.05) is 6.54 Å². The molecule has 4 aliphatic carbocycles. The lowest BCUT2D eigenvalue weighted by atomic mass is 9.53. The van der Waals surface area contributed by atoms with E-state index >= 15 is 0 Å². The Balaban J connectivity index is 1.47. The Morgan fingerprint density at radius 1 is 1.14 bits per heavy atom. The van der Waals surface area contributed by atoms with Gasteiger partial charge in [0.25, 0.3) is 5.91 Å². The third-order valence-electron chi connectivity index (χ3n) is 8.44. The zero-order valence-corrected chi connectivity index (χ0v) is 21.5. The molecule has 0 atom stereocenters. The van der Waals surface area contributed by atoms with Crippen LogP contribution in [0.3, 0.4) is 0 Å². The molecule has 8 nitrogen and oxygen atoms in total. The lowest BCUT2D eigenvalue weighted by Crippen LogP contribution is -2.54. The lowest BCUT2D eigenvalue weighted by Gasteiger charge is -2.57. The van der Waals surface area contributed by atoms with Gasteiger partial charge < -0.3 is 14.7 Å². The Labute approximate surface area is 216 Å². The molecule has 7 rings (SSSR count). The van der Waals surface area contributed by atoms with E-state index in [0.717, 1.165) is 35.9 Å². The molecule has 1 aromatic heterocycles. The van der Waals surface area contributed by atoms with Crippen molar-refractivity contribution in [3.8, 4) is 0 Å². The van der Waals surface area contributed by atoms with E-state index in [2.05, 4.69) is 25.8 Å². The first-order valence-electron chi connectivity index (χ1n) is 12.9. The third kappa shape index (κ3) is 4.28. The molecule has 1 amide bonds. The molecule has 4 fully saturated rings. The minimum absolute atomic E-state index is 0.00796. The lowest BCUT2D eigenvalue weighted by molar-refractivity contribution is -0.0428. The number of carbonyl (C=O) groups excluding carboxylic acids is 1. The minimum atomic E-state index is -3.77. The maximum atomic E-state index is 13.4. The van der Waals surface area contributed by atoms with Crippen molar-refractivity contribution in [1.82, 2.24) is 14.3 Å². The van der Waals surface area contributed by atoms with Crippen LogP contribution >= 0.6 is 0 Å². The molecule has 194 valence electrons. The molecule has 0 radical (unpaired) electrons. The summed E-state index contributed by atoms with van der Waals surface area (Å²) in [6.45, 7) is 3.58. The number of H-pyrrole nitrogens is 1. The second-order valence-electron chi connectivity index (χ2n) is 11.0. The third-order valence-corrected chi connectivity index (χ3v) is 9.86. The quantitative estimate of drug-likeness (QED) is 0.413. The number of aromatic amines is 1. The maximum Gasteiger partial charge on any atom is 0.280 e. The van der Waals surface area contributed by atoms with Crippen molar-refractivity contribution in [2.24, 2.45) is 22.7 Å². The van der Waals surface area contributed by atoms with Crippen LogP contribution in [0.2, 0.25) is 0 Å². The van der Waals surface area contributed by atoms with Crippen LogP contribution < -0.4 is 10.3 Å². The van der Waals surface area contributed by atoms with Crippen LogP contribution in [-0.2, 0) is 22.2 Å². The predicted octanol–water partition coefficient (Wildman–Crippen LogP) is 3.59. The molecule has 0 unspecified atom stereocenters. The number of sulfonamides is 1. The number of fused-ring (bicyclic) bond motifs is 1. The molecule has 3 N–H and O–H groups in total. The number of benzene rings is 2. The summed E-state index contributed by atoms with van der Waals surface area (Å²) >= 11 is 0. The van der Waals surface area contributed by atoms with Gasteiger partial charge in [0.1, 0.15) is 0 Å². The molecule has 1 heterocycles. The number of hydrogen-bond donors (Lipinski definition) is 3. The van der Waals surface area contributed by atoms with Crippen molar-refractivity contribution < 1.29 is 18.3 Å². The van der Waals surface area contributed by atoms with Crippen LogP contribution in [0.1, 0.15) is 54.4 Å². The summed E-state index contributed by atoms with van der Waals surface area (Å²) in [4.78, 5) is 21.3. The highest BCUT2D eigenvalue weighted by atomic mass is 32.2. The average molecular weight is 521 g/mol. The van der Waals surface area contributed by atoms with E-state index in [1.807, 2.05) is 18.2 Å². The molecular formula is C28H32N4O4S. The number of imidazole rings is 1. The molecule has 0 saturated heterocycles. The van der Waals surface area contributed by atoms with E-state index in [9.17, 15) is 18.3 Å². The van der Waals surface area contributed by atoms with Gasteiger partial charge in [0, 0.05) is 17.6 Å². The zero-order valence-electron chi connectivity index (χ0n) is 20.7. The molecule has 0 spiro atoms. The fourth-order valence-electron chi connectivity index (χ4n) is 7.36. The molecule has 37 heavy (non-hydrogen) atoms. The first-order valence-corrected chi connectivity index (χ1v) is 14.4. The van der Waals surface area contributed by atoms with Gasteiger partial charge in [-0.1, -0.05) is 18.2 Å². The van der Waals surface area contributed by atoms with Crippen molar-refractivity contribution in [3.63, 3.8) is 0 Å². The van der Waals surface area contributed by atoms with Crippen molar-refractivity contribution >= 4 is 27.0 Å². The summed E-state index contributed by atoms with van der Waals surface area (Å²) in [5, 5.41) is 9.81. The number of carbonyl (C=O) groups is 1.